The Labute approximate surface area is 95.2 Å². The SMILES string of the molecule is C=CC(=O)NCC(F)c1ccc(C)c(C)c1. The number of amides is 1. The van der Waals surface area contributed by atoms with Gasteiger partial charge in [0.15, 0.2) is 0 Å². The fraction of sp³-hybridized carbons (Fsp3) is 0.308. The lowest BCUT2D eigenvalue weighted by atomic mass is 10.0. The lowest BCUT2D eigenvalue weighted by Crippen LogP contribution is -2.25. The number of carbonyl (C=O) groups excluding carboxylic acids is 1. The molecule has 1 amide bonds. The maximum atomic E-state index is 13.7. The zero-order valence-corrected chi connectivity index (χ0v) is 9.59. The molecule has 2 nitrogen and oxygen atoms in total. The molecule has 16 heavy (non-hydrogen) atoms. The highest BCUT2D eigenvalue weighted by atomic mass is 19.1. The Bertz CT molecular complexity index is 401. The van der Waals surface area contributed by atoms with Gasteiger partial charge < -0.3 is 5.32 Å². The summed E-state index contributed by atoms with van der Waals surface area (Å²) in [5.41, 5.74) is 2.77. The third kappa shape index (κ3) is 3.19. The van der Waals surface area contributed by atoms with E-state index in [1.54, 1.807) is 12.1 Å². The molecule has 0 bridgehead atoms. The summed E-state index contributed by atoms with van der Waals surface area (Å²) in [5, 5.41) is 2.43. The average molecular weight is 221 g/mol. The third-order valence-corrected chi connectivity index (χ3v) is 2.53. The summed E-state index contributed by atoms with van der Waals surface area (Å²) in [5.74, 6) is -0.355. The molecule has 0 aliphatic heterocycles. The van der Waals surface area contributed by atoms with Gasteiger partial charge in [0.1, 0.15) is 6.17 Å². The van der Waals surface area contributed by atoms with Crippen molar-refractivity contribution in [2.45, 2.75) is 20.0 Å². The van der Waals surface area contributed by atoms with Crippen LogP contribution in [0.3, 0.4) is 0 Å². The molecule has 3 heteroatoms. The van der Waals surface area contributed by atoms with Gasteiger partial charge in [-0.1, -0.05) is 24.8 Å². The molecule has 0 radical (unpaired) electrons. The second-order valence-corrected chi connectivity index (χ2v) is 3.76. The largest absolute Gasteiger partial charge is 0.349 e. The zero-order chi connectivity index (χ0) is 12.1. The Balaban J connectivity index is 2.65. The maximum absolute atomic E-state index is 13.7. The molecule has 86 valence electrons. The lowest BCUT2D eigenvalue weighted by Gasteiger charge is -2.10. The molecule has 0 heterocycles. The van der Waals surface area contributed by atoms with Gasteiger partial charge in [0, 0.05) is 0 Å². The van der Waals surface area contributed by atoms with Gasteiger partial charge >= 0.3 is 0 Å². The van der Waals surface area contributed by atoms with Gasteiger partial charge in [-0.2, -0.15) is 0 Å². The van der Waals surface area contributed by atoms with Crippen molar-refractivity contribution >= 4 is 5.91 Å². The van der Waals surface area contributed by atoms with Crippen LogP contribution in [0, 0.1) is 13.8 Å². The van der Waals surface area contributed by atoms with E-state index in [0.717, 1.165) is 17.2 Å². The van der Waals surface area contributed by atoms with Crippen LogP contribution < -0.4 is 5.32 Å². The number of aryl methyl sites for hydroxylation is 2. The maximum Gasteiger partial charge on any atom is 0.243 e. The van der Waals surface area contributed by atoms with Crippen molar-refractivity contribution in [1.82, 2.24) is 5.32 Å². The molecule has 1 N–H and O–H groups in total. The van der Waals surface area contributed by atoms with Crippen LogP contribution in [-0.4, -0.2) is 12.5 Å². The highest BCUT2D eigenvalue weighted by molar-refractivity contribution is 5.86. The smallest absolute Gasteiger partial charge is 0.243 e. The fourth-order valence-corrected chi connectivity index (χ4v) is 1.34. The summed E-state index contributed by atoms with van der Waals surface area (Å²) in [4.78, 5) is 10.9. The first-order chi connectivity index (χ1) is 7.54. The minimum Gasteiger partial charge on any atom is -0.349 e. The van der Waals surface area contributed by atoms with Gasteiger partial charge in [0.25, 0.3) is 0 Å². The van der Waals surface area contributed by atoms with E-state index in [1.165, 1.54) is 0 Å². The summed E-state index contributed by atoms with van der Waals surface area (Å²) in [6.45, 7) is 7.20. The molecule has 1 aromatic carbocycles. The predicted octanol–water partition coefficient (Wildman–Crippen LogP) is 2.62. The van der Waals surface area contributed by atoms with Gasteiger partial charge in [0.2, 0.25) is 5.91 Å². The molecule has 1 unspecified atom stereocenters. The van der Waals surface area contributed by atoms with E-state index in [2.05, 4.69) is 11.9 Å². The minimum atomic E-state index is -1.18. The highest BCUT2D eigenvalue weighted by Gasteiger charge is 2.10. The molecule has 0 saturated carbocycles. The van der Waals surface area contributed by atoms with Gasteiger partial charge in [-0.3, -0.25) is 4.79 Å². The number of alkyl halides is 1. The Hall–Kier alpha value is -1.64. The van der Waals surface area contributed by atoms with Crippen molar-refractivity contribution in [3.05, 3.63) is 47.5 Å². The Morgan fingerprint density at radius 1 is 1.50 bits per heavy atom. The summed E-state index contributed by atoms with van der Waals surface area (Å²) in [7, 11) is 0. The second-order valence-electron chi connectivity index (χ2n) is 3.76. The molecule has 1 aromatic rings. The van der Waals surface area contributed by atoms with Crippen LogP contribution in [0.2, 0.25) is 0 Å². The van der Waals surface area contributed by atoms with E-state index in [0.29, 0.717) is 5.56 Å². The Kier molecular flexibility index (Phi) is 4.23. The van der Waals surface area contributed by atoms with Gasteiger partial charge in [0.05, 0.1) is 6.54 Å². The average Bonchev–Trinajstić information content (AvgIpc) is 2.29. The molecule has 0 saturated heterocycles. The van der Waals surface area contributed by atoms with Crippen molar-refractivity contribution in [1.29, 1.82) is 0 Å². The first kappa shape index (κ1) is 12.4. The van der Waals surface area contributed by atoms with Crippen molar-refractivity contribution in [3.8, 4) is 0 Å². The van der Waals surface area contributed by atoms with E-state index in [4.69, 9.17) is 0 Å². The quantitative estimate of drug-likeness (QED) is 0.778. The first-order valence-corrected chi connectivity index (χ1v) is 5.16. The van der Waals surface area contributed by atoms with Gasteiger partial charge in [-0.15, -0.1) is 0 Å². The van der Waals surface area contributed by atoms with Gasteiger partial charge in [-0.05, 0) is 36.6 Å². The molecule has 1 rings (SSSR count). The third-order valence-electron chi connectivity index (χ3n) is 2.53. The number of carbonyl (C=O) groups is 1. The number of hydrogen-bond donors (Lipinski definition) is 1. The van der Waals surface area contributed by atoms with Crippen LogP contribution in [0.25, 0.3) is 0 Å². The van der Waals surface area contributed by atoms with E-state index >= 15 is 0 Å². The normalized spacial score (nSPS) is 11.9. The highest BCUT2D eigenvalue weighted by Crippen LogP contribution is 2.19. The van der Waals surface area contributed by atoms with E-state index < -0.39 is 6.17 Å². The standard InChI is InChI=1S/C13H16FNO/c1-4-13(16)15-8-12(14)11-6-5-9(2)10(3)7-11/h4-7,12H,1,8H2,2-3H3,(H,15,16). The van der Waals surface area contributed by atoms with Crippen molar-refractivity contribution in [3.63, 3.8) is 0 Å². The lowest BCUT2D eigenvalue weighted by molar-refractivity contribution is -0.116. The number of benzene rings is 1. The number of rotatable bonds is 4. The van der Waals surface area contributed by atoms with Crippen LogP contribution in [0.4, 0.5) is 4.39 Å². The first-order valence-electron chi connectivity index (χ1n) is 5.16. The minimum absolute atomic E-state index is 0.0205. The summed E-state index contributed by atoms with van der Waals surface area (Å²) in [6, 6.07) is 5.43. The monoisotopic (exact) mass is 221 g/mol. The van der Waals surface area contributed by atoms with Crippen LogP contribution in [0.1, 0.15) is 22.9 Å². The number of hydrogen-bond acceptors (Lipinski definition) is 1. The number of nitrogens with one attached hydrogen (secondary N) is 1. The molecule has 1 atom stereocenters. The summed E-state index contributed by atoms with van der Waals surface area (Å²) >= 11 is 0. The summed E-state index contributed by atoms with van der Waals surface area (Å²) < 4.78 is 13.7. The van der Waals surface area contributed by atoms with Crippen molar-refractivity contribution < 1.29 is 9.18 Å². The van der Waals surface area contributed by atoms with E-state index in [-0.39, 0.29) is 12.5 Å². The second kappa shape index (κ2) is 5.45. The molecule has 0 aliphatic carbocycles. The van der Waals surface area contributed by atoms with Gasteiger partial charge in [-0.25, -0.2) is 4.39 Å². The Morgan fingerprint density at radius 2 is 2.19 bits per heavy atom. The predicted molar refractivity (Wildman–Crippen MR) is 63.0 cm³/mol. The molecule has 0 spiro atoms. The molecular formula is C13H16FNO. The zero-order valence-electron chi connectivity index (χ0n) is 9.59. The molecule has 0 fully saturated rings. The van der Waals surface area contributed by atoms with E-state index in [9.17, 15) is 9.18 Å². The van der Waals surface area contributed by atoms with E-state index in [1.807, 2.05) is 19.9 Å². The number of halogens is 1. The van der Waals surface area contributed by atoms with Crippen LogP contribution >= 0.6 is 0 Å². The summed E-state index contributed by atoms with van der Waals surface area (Å²) in [6.07, 6.45) is -0.0455. The molecule has 0 aromatic heterocycles. The fourth-order valence-electron chi connectivity index (χ4n) is 1.34. The van der Waals surface area contributed by atoms with Crippen molar-refractivity contribution in [2.75, 3.05) is 6.54 Å². The van der Waals surface area contributed by atoms with Crippen LogP contribution in [0.5, 0.6) is 0 Å². The van der Waals surface area contributed by atoms with Crippen molar-refractivity contribution in [2.24, 2.45) is 0 Å². The molecule has 0 aliphatic rings. The molecular weight excluding hydrogens is 205 g/mol. The Morgan fingerprint density at radius 3 is 2.75 bits per heavy atom. The topological polar surface area (TPSA) is 29.1 Å². The van der Waals surface area contributed by atoms with Crippen LogP contribution in [-0.2, 0) is 4.79 Å². The van der Waals surface area contributed by atoms with Crippen LogP contribution in [0.15, 0.2) is 30.9 Å².